The molecule has 2 aromatic rings. The Morgan fingerprint density at radius 3 is 2.92 bits per heavy atom. The fourth-order valence-electron chi connectivity index (χ4n) is 1.09. The van der Waals surface area contributed by atoms with Crippen molar-refractivity contribution in [3.63, 3.8) is 0 Å². The Balaban J connectivity index is 2.33. The topological polar surface area (TPSA) is 46.0 Å². The number of hydrogen-bond donors (Lipinski definition) is 1. The highest BCUT2D eigenvalue weighted by Crippen LogP contribution is 2.28. The van der Waals surface area contributed by atoms with Gasteiger partial charge in [-0.1, -0.05) is 4.49 Å². The number of nitrogens with zero attached hydrogens (tertiary/aromatic N) is 2. The van der Waals surface area contributed by atoms with Crippen LogP contribution in [0.15, 0.2) is 16.8 Å². The molecule has 0 aromatic carbocycles. The summed E-state index contributed by atoms with van der Waals surface area (Å²) in [5.41, 5.74) is 1.74. The van der Waals surface area contributed by atoms with Crippen LogP contribution in [0.2, 0.25) is 0 Å². The summed E-state index contributed by atoms with van der Waals surface area (Å²) in [4.78, 5) is 0.952. The molecule has 0 fully saturated rings. The summed E-state index contributed by atoms with van der Waals surface area (Å²) < 4.78 is 3.72. The Hall–Kier alpha value is -0.780. The zero-order chi connectivity index (χ0) is 9.26. The SMILES string of the molecule is Cc1ccsc1C(O)c1csnn1. The standard InChI is InChI=1S/C8H8N2OS2/c1-5-2-3-12-8(5)7(11)6-4-13-10-9-6/h2-4,7,11H,1H3. The Labute approximate surface area is 83.8 Å². The molecule has 0 aliphatic rings. The highest BCUT2D eigenvalue weighted by molar-refractivity contribution is 7.10. The molecular formula is C8H8N2OS2. The minimum absolute atomic E-state index is 0.612. The number of aryl methyl sites for hydroxylation is 1. The van der Waals surface area contributed by atoms with Crippen LogP contribution in [0.1, 0.15) is 22.2 Å². The van der Waals surface area contributed by atoms with E-state index in [1.165, 1.54) is 11.5 Å². The van der Waals surface area contributed by atoms with E-state index in [-0.39, 0.29) is 0 Å². The first-order valence-electron chi connectivity index (χ1n) is 3.78. The first-order valence-corrected chi connectivity index (χ1v) is 5.49. The van der Waals surface area contributed by atoms with E-state index in [1.54, 1.807) is 16.7 Å². The first kappa shape index (κ1) is 8.80. The van der Waals surface area contributed by atoms with E-state index < -0.39 is 6.10 Å². The molecule has 0 aliphatic carbocycles. The van der Waals surface area contributed by atoms with E-state index in [0.717, 1.165) is 10.4 Å². The first-order chi connectivity index (χ1) is 6.29. The molecule has 2 rings (SSSR count). The summed E-state index contributed by atoms with van der Waals surface area (Å²) in [6.07, 6.45) is -0.612. The Kier molecular flexibility index (Phi) is 2.39. The fourth-order valence-corrected chi connectivity index (χ4v) is 2.48. The van der Waals surface area contributed by atoms with E-state index in [4.69, 9.17) is 0 Å². The molecule has 0 bridgehead atoms. The van der Waals surface area contributed by atoms with Crippen LogP contribution < -0.4 is 0 Å². The molecule has 0 saturated carbocycles. The summed E-state index contributed by atoms with van der Waals surface area (Å²) in [5, 5.41) is 17.4. The predicted octanol–water partition coefficient (Wildman–Crippen LogP) is 1.99. The molecule has 2 aromatic heterocycles. The normalized spacial score (nSPS) is 13.1. The van der Waals surface area contributed by atoms with Gasteiger partial charge in [-0.15, -0.1) is 16.4 Å². The molecule has 0 radical (unpaired) electrons. The smallest absolute Gasteiger partial charge is 0.133 e. The van der Waals surface area contributed by atoms with Crippen molar-refractivity contribution in [2.45, 2.75) is 13.0 Å². The highest BCUT2D eigenvalue weighted by atomic mass is 32.1. The van der Waals surface area contributed by atoms with Gasteiger partial charge in [0.05, 0.1) is 0 Å². The summed E-state index contributed by atoms with van der Waals surface area (Å²) in [6.45, 7) is 1.98. The Bertz CT molecular complexity index is 383. The van der Waals surface area contributed by atoms with Crippen LogP contribution in [-0.2, 0) is 0 Å². The van der Waals surface area contributed by atoms with Crippen molar-refractivity contribution in [2.24, 2.45) is 0 Å². The molecule has 0 aliphatic heterocycles. The van der Waals surface area contributed by atoms with Crippen LogP contribution >= 0.6 is 22.9 Å². The van der Waals surface area contributed by atoms with Gasteiger partial charge in [0.2, 0.25) is 0 Å². The second-order valence-corrected chi connectivity index (χ2v) is 4.26. The maximum absolute atomic E-state index is 9.87. The molecule has 0 amide bonds. The summed E-state index contributed by atoms with van der Waals surface area (Å²) >= 11 is 2.80. The van der Waals surface area contributed by atoms with Crippen LogP contribution in [0.4, 0.5) is 0 Å². The third-order valence-corrected chi connectivity index (χ3v) is 3.40. The third-order valence-electron chi connectivity index (χ3n) is 1.81. The summed E-state index contributed by atoms with van der Waals surface area (Å²) in [5.74, 6) is 0. The van der Waals surface area contributed by atoms with Crippen molar-refractivity contribution >= 4 is 22.9 Å². The van der Waals surface area contributed by atoms with Gasteiger partial charge < -0.3 is 5.11 Å². The summed E-state index contributed by atoms with van der Waals surface area (Å²) in [7, 11) is 0. The number of thiophene rings is 1. The lowest BCUT2D eigenvalue weighted by Crippen LogP contribution is -1.98. The maximum atomic E-state index is 9.87. The Morgan fingerprint density at radius 2 is 2.38 bits per heavy atom. The lowest BCUT2D eigenvalue weighted by Gasteiger charge is -2.04. The van der Waals surface area contributed by atoms with Gasteiger partial charge in [0.25, 0.3) is 0 Å². The van der Waals surface area contributed by atoms with E-state index >= 15 is 0 Å². The van der Waals surface area contributed by atoms with Gasteiger partial charge in [0, 0.05) is 10.3 Å². The highest BCUT2D eigenvalue weighted by Gasteiger charge is 2.16. The van der Waals surface area contributed by atoms with Crippen molar-refractivity contribution in [2.75, 3.05) is 0 Å². The van der Waals surface area contributed by atoms with Gasteiger partial charge in [-0.3, -0.25) is 0 Å². The lowest BCUT2D eigenvalue weighted by atomic mass is 10.2. The van der Waals surface area contributed by atoms with Gasteiger partial charge >= 0.3 is 0 Å². The van der Waals surface area contributed by atoms with Crippen LogP contribution in [0.3, 0.4) is 0 Å². The van der Waals surface area contributed by atoms with Crippen LogP contribution in [0.25, 0.3) is 0 Å². The minimum Gasteiger partial charge on any atom is -0.381 e. The monoisotopic (exact) mass is 212 g/mol. The van der Waals surface area contributed by atoms with Gasteiger partial charge in [0.1, 0.15) is 11.8 Å². The second-order valence-electron chi connectivity index (χ2n) is 2.70. The van der Waals surface area contributed by atoms with Crippen molar-refractivity contribution in [3.05, 3.63) is 33.0 Å². The molecule has 3 nitrogen and oxygen atoms in total. The molecule has 2 heterocycles. The molecule has 1 unspecified atom stereocenters. The zero-order valence-corrected chi connectivity index (χ0v) is 8.60. The Morgan fingerprint density at radius 1 is 1.54 bits per heavy atom. The van der Waals surface area contributed by atoms with Gasteiger partial charge in [-0.05, 0) is 35.5 Å². The number of rotatable bonds is 2. The molecule has 68 valence electrons. The van der Waals surface area contributed by atoms with E-state index in [1.807, 2.05) is 18.4 Å². The van der Waals surface area contributed by atoms with Gasteiger partial charge in [-0.25, -0.2) is 0 Å². The summed E-state index contributed by atoms with van der Waals surface area (Å²) in [6, 6.07) is 1.99. The number of aromatic nitrogens is 2. The molecule has 0 spiro atoms. The van der Waals surface area contributed by atoms with E-state index in [0.29, 0.717) is 5.69 Å². The van der Waals surface area contributed by atoms with Crippen molar-refractivity contribution < 1.29 is 5.11 Å². The minimum atomic E-state index is -0.612. The van der Waals surface area contributed by atoms with Gasteiger partial charge in [0.15, 0.2) is 0 Å². The maximum Gasteiger partial charge on any atom is 0.133 e. The number of aliphatic hydroxyl groups excluding tert-OH is 1. The quantitative estimate of drug-likeness (QED) is 0.828. The predicted molar refractivity (Wildman–Crippen MR) is 53.0 cm³/mol. The lowest BCUT2D eigenvalue weighted by molar-refractivity contribution is 0.218. The average molecular weight is 212 g/mol. The van der Waals surface area contributed by atoms with Crippen molar-refractivity contribution in [1.29, 1.82) is 0 Å². The van der Waals surface area contributed by atoms with Crippen LogP contribution in [0, 0.1) is 6.92 Å². The van der Waals surface area contributed by atoms with Crippen LogP contribution in [0.5, 0.6) is 0 Å². The average Bonchev–Trinajstić information content (AvgIpc) is 2.72. The third kappa shape index (κ3) is 1.63. The molecule has 1 N–H and O–H groups in total. The van der Waals surface area contributed by atoms with Crippen LogP contribution in [-0.4, -0.2) is 14.7 Å². The number of aliphatic hydroxyl groups is 1. The molecular weight excluding hydrogens is 204 g/mol. The zero-order valence-electron chi connectivity index (χ0n) is 6.97. The van der Waals surface area contributed by atoms with Gasteiger partial charge in [-0.2, -0.15) is 0 Å². The number of hydrogen-bond acceptors (Lipinski definition) is 5. The molecule has 5 heteroatoms. The largest absolute Gasteiger partial charge is 0.381 e. The second kappa shape index (κ2) is 3.53. The van der Waals surface area contributed by atoms with Crippen molar-refractivity contribution in [3.8, 4) is 0 Å². The molecule has 13 heavy (non-hydrogen) atoms. The molecule has 0 saturated heterocycles. The van der Waals surface area contributed by atoms with Crippen molar-refractivity contribution in [1.82, 2.24) is 9.59 Å². The molecule has 1 atom stereocenters. The van der Waals surface area contributed by atoms with E-state index in [9.17, 15) is 5.11 Å². The van der Waals surface area contributed by atoms with E-state index in [2.05, 4.69) is 9.59 Å². The fraction of sp³-hybridized carbons (Fsp3) is 0.250.